The molecule has 2 heterocycles. The predicted octanol–water partition coefficient (Wildman–Crippen LogP) is 1.14. The lowest BCUT2D eigenvalue weighted by molar-refractivity contribution is -0.0948. The van der Waals surface area contributed by atoms with E-state index in [9.17, 15) is 9.59 Å². The van der Waals surface area contributed by atoms with Crippen molar-refractivity contribution in [2.24, 2.45) is 0 Å². The minimum Gasteiger partial charge on any atom is -0.375 e. The first-order valence-electron chi connectivity index (χ1n) is 7.89. The Morgan fingerprint density at radius 2 is 2.04 bits per heavy atom. The Morgan fingerprint density at radius 1 is 1.43 bits per heavy atom. The van der Waals surface area contributed by atoms with E-state index >= 15 is 0 Å². The highest BCUT2D eigenvalue weighted by Crippen LogP contribution is 2.25. The Hall–Kier alpha value is -1.66. The SMILES string of the molecule is COC1(C)CN(C(=O)c2c(C)ccn(C(C)CN(C)C)c2=O)C1. The van der Waals surface area contributed by atoms with E-state index in [2.05, 4.69) is 0 Å². The molecule has 1 aliphatic rings. The molecule has 2 rings (SSSR count). The number of methoxy groups -OCH3 is 1. The summed E-state index contributed by atoms with van der Waals surface area (Å²) in [6, 6.07) is 1.85. The monoisotopic (exact) mass is 321 g/mol. The van der Waals surface area contributed by atoms with Gasteiger partial charge in [0.05, 0.1) is 13.1 Å². The lowest BCUT2D eigenvalue weighted by atomic mass is 9.95. The van der Waals surface area contributed by atoms with Gasteiger partial charge in [-0.05, 0) is 46.5 Å². The molecule has 0 radical (unpaired) electrons. The van der Waals surface area contributed by atoms with Crippen LogP contribution in [0.3, 0.4) is 0 Å². The largest absolute Gasteiger partial charge is 0.375 e. The van der Waals surface area contributed by atoms with Crippen LogP contribution >= 0.6 is 0 Å². The second-order valence-corrected chi connectivity index (χ2v) is 7.01. The summed E-state index contributed by atoms with van der Waals surface area (Å²) in [5.41, 5.74) is 0.487. The van der Waals surface area contributed by atoms with Crippen molar-refractivity contribution >= 4 is 5.91 Å². The van der Waals surface area contributed by atoms with Crippen molar-refractivity contribution < 1.29 is 9.53 Å². The fraction of sp³-hybridized carbons (Fsp3) is 0.647. The molecule has 1 aromatic heterocycles. The molecular weight excluding hydrogens is 294 g/mol. The standard InChI is InChI=1S/C17H27N3O3/c1-12-7-8-20(13(2)9-18(4)5)16(22)14(12)15(21)19-10-17(3,11-19)23-6/h7-8,13H,9-11H2,1-6H3. The maximum atomic E-state index is 12.8. The Balaban J connectivity index is 2.29. The number of amides is 1. The molecular formula is C17H27N3O3. The van der Waals surface area contributed by atoms with Gasteiger partial charge in [0.1, 0.15) is 11.2 Å². The lowest BCUT2D eigenvalue weighted by Gasteiger charge is -2.46. The Labute approximate surface area is 137 Å². The van der Waals surface area contributed by atoms with E-state index in [-0.39, 0.29) is 28.7 Å². The zero-order valence-corrected chi connectivity index (χ0v) is 14.9. The molecule has 1 atom stereocenters. The molecule has 1 aliphatic heterocycles. The summed E-state index contributed by atoms with van der Waals surface area (Å²) in [7, 11) is 5.58. The zero-order valence-electron chi connectivity index (χ0n) is 14.9. The van der Waals surface area contributed by atoms with Gasteiger partial charge in [0.25, 0.3) is 11.5 Å². The Kier molecular flexibility index (Phi) is 4.96. The first-order chi connectivity index (χ1) is 10.7. The number of hydrogen-bond donors (Lipinski definition) is 0. The summed E-state index contributed by atoms with van der Waals surface area (Å²) >= 11 is 0. The number of hydrogen-bond acceptors (Lipinski definition) is 4. The topological polar surface area (TPSA) is 54.8 Å². The smallest absolute Gasteiger partial charge is 0.263 e. The van der Waals surface area contributed by atoms with E-state index in [1.807, 2.05) is 45.8 Å². The molecule has 0 bridgehead atoms. The normalized spacial score (nSPS) is 18.0. The van der Waals surface area contributed by atoms with Crippen molar-refractivity contribution in [3.05, 3.63) is 33.7 Å². The van der Waals surface area contributed by atoms with Gasteiger partial charge in [0.2, 0.25) is 0 Å². The lowest BCUT2D eigenvalue weighted by Crippen LogP contribution is -2.63. The van der Waals surface area contributed by atoms with E-state index in [1.165, 1.54) is 0 Å². The van der Waals surface area contributed by atoms with Crippen LogP contribution < -0.4 is 5.56 Å². The Bertz CT molecular complexity index is 645. The third-order valence-corrected chi connectivity index (χ3v) is 4.48. The number of pyridine rings is 1. The van der Waals surface area contributed by atoms with Crippen LogP contribution in [-0.4, -0.2) is 66.7 Å². The van der Waals surface area contributed by atoms with Gasteiger partial charge in [-0.15, -0.1) is 0 Å². The first-order valence-corrected chi connectivity index (χ1v) is 7.89. The predicted molar refractivity (Wildman–Crippen MR) is 90.0 cm³/mol. The number of carbonyl (C=O) groups is 1. The van der Waals surface area contributed by atoms with Crippen LogP contribution in [0.4, 0.5) is 0 Å². The first kappa shape index (κ1) is 17.7. The fourth-order valence-corrected chi connectivity index (χ4v) is 3.06. The summed E-state index contributed by atoms with van der Waals surface area (Å²) in [5, 5.41) is 0. The molecule has 1 amide bonds. The van der Waals surface area contributed by atoms with Crippen LogP contribution in [-0.2, 0) is 4.74 Å². The van der Waals surface area contributed by atoms with Crippen molar-refractivity contribution in [1.82, 2.24) is 14.4 Å². The molecule has 1 saturated heterocycles. The second-order valence-electron chi connectivity index (χ2n) is 7.01. The number of aromatic nitrogens is 1. The van der Waals surface area contributed by atoms with Crippen LogP contribution in [0.2, 0.25) is 0 Å². The number of likely N-dealkylation sites (tertiary alicyclic amines) is 1. The number of nitrogens with zero attached hydrogens (tertiary/aromatic N) is 3. The highest BCUT2D eigenvalue weighted by Gasteiger charge is 2.42. The minimum absolute atomic E-state index is 0.00489. The molecule has 0 N–H and O–H groups in total. The van der Waals surface area contributed by atoms with Crippen LogP contribution in [0.5, 0.6) is 0 Å². The fourth-order valence-electron chi connectivity index (χ4n) is 3.06. The van der Waals surface area contributed by atoms with Crippen molar-refractivity contribution in [1.29, 1.82) is 0 Å². The molecule has 1 aromatic rings. The van der Waals surface area contributed by atoms with Crippen molar-refractivity contribution in [2.45, 2.75) is 32.4 Å². The summed E-state index contributed by atoms with van der Waals surface area (Å²) in [4.78, 5) is 29.2. The third-order valence-electron chi connectivity index (χ3n) is 4.48. The molecule has 1 fully saturated rings. The number of rotatable bonds is 5. The molecule has 6 nitrogen and oxygen atoms in total. The second kappa shape index (κ2) is 6.45. The summed E-state index contributed by atoms with van der Waals surface area (Å²) in [6.07, 6.45) is 1.78. The summed E-state index contributed by atoms with van der Waals surface area (Å²) in [6.45, 7) is 7.53. The van der Waals surface area contributed by atoms with Gasteiger partial charge in [0, 0.05) is 25.9 Å². The van der Waals surface area contributed by atoms with Gasteiger partial charge in [-0.2, -0.15) is 0 Å². The number of carbonyl (C=O) groups excluding carboxylic acids is 1. The maximum Gasteiger partial charge on any atom is 0.263 e. The van der Waals surface area contributed by atoms with E-state index in [1.54, 1.807) is 22.8 Å². The Morgan fingerprint density at radius 3 is 2.57 bits per heavy atom. The minimum atomic E-state index is -0.296. The van der Waals surface area contributed by atoms with Crippen LogP contribution in [0.15, 0.2) is 17.1 Å². The van der Waals surface area contributed by atoms with Crippen molar-refractivity contribution in [3.8, 4) is 0 Å². The van der Waals surface area contributed by atoms with Gasteiger partial charge in [-0.3, -0.25) is 9.59 Å². The van der Waals surface area contributed by atoms with Gasteiger partial charge in [-0.25, -0.2) is 0 Å². The van der Waals surface area contributed by atoms with E-state index < -0.39 is 0 Å². The number of ether oxygens (including phenoxy) is 1. The molecule has 23 heavy (non-hydrogen) atoms. The molecule has 6 heteroatoms. The van der Waals surface area contributed by atoms with Gasteiger partial charge in [0.15, 0.2) is 0 Å². The summed E-state index contributed by atoms with van der Waals surface area (Å²) < 4.78 is 7.02. The van der Waals surface area contributed by atoms with E-state index in [4.69, 9.17) is 4.74 Å². The highest BCUT2D eigenvalue weighted by atomic mass is 16.5. The van der Waals surface area contributed by atoms with Crippen molar-refractivity contribution in [2.75, 3.05) is 40.8 Å². The van der Waals surface area contributed by atoms with Gasteiger partial charge in [-0.1, -0.05) is 0 Å². The van der Waals surface area contributed by atoms with E-state index in [0.717, 1.165) is 12.1 Å². The average molecular weight is 321 g/mol. The van der Waals surface area contributed by atoms with Crippen molar-refractivity contribution in [3.63, 3.8) is 0 Å². The molecule has 0 spiro atoms. The van der Waals surface area contributed by atoms with Crippen LogP contribution in [0.1, 0.15) is 35.8 Å². The third kappa shape index (κ3) is 3.48. The number of likely N-dealkylation sites (N-methyl/N-ethyl adjacent to an activating group) is 1. The summed E-state index contributed by atoms with van der Waals surface area (Å²) in [5.74, 6) is -0.201. The molecule has 128 valence electrons. The highest BCUT2D eigenvalue weighted by molar-refractivity contribution is 5.96. The molecule has 0 saturated carbocycles. The number of aryl methyl sites for hydroxylation is 1. The van der Waals surface area contributed by atoms with Gasteiger partial charge < -0.3 is 19.1 Å². The molecule has 1 unspecified atom stereocenters. The quantitative estimate of drug-likeness (QED) is 0.816. The molecule has 0 aromatic carbocycles. The maximum absolute atomic E-state index is 12.8. The average Bonchev–Trinajstić information content (AvgIpc) is 2.42. The molecule has 0 aliphatic carbocycles. The van der Waals surface area contributed by atoms with E-state index in [0.29, 0.717) is 13.1 Å². The van der Waals surface area contributed by atoms with Gasteiger partial charge >= 0.3 is 0 Å². The zero-order chi connectivity index (χ0) is 17.4. The van der Waals surface area contributed by atoms with Crippen LogP contribution in [0.25, 0.3) is 0 Å². The van der Waals surface area contributed by atoms with Crippen LogP contribution in [0, 0.1) is 6.92 Å².